The number of nitrogens with zero attached hydrogens (tertiary/aromatic N) is 4. The molecule has 2 aromatic heterocycles. The van der Waals surface area contributed by atoms with E-state index in [1.54, 1.807) is 10.6 Å². The number of rotatable bonds is 3. The summed E-state index contributed by atoms with van der Waals surface area (Å²) in [5, 5.41) is 7.53. The molecule has 2 unspecified atom stereocenters. The van der Waals surface area contributed by atoms with Gasteiger partial charge in [0.25, 0.3) is 5.78 Å². The van der Waals surface area contributed by atoms with Crippen molar-refractivity contribution in [2.45, 2.75) is 25.5 Å². The van der Waals surface area contributed by atoms with Gasteiger partial charge >= 0.3 is 0 Å². The van der Waals surface area contributed by atoms with Gasteiger partial charge in [-0.05, 0) is 31.0 Å². The van der Waals surface area contributed by atoms with Crippen LogP contribution in [0.4, 0.5) is 14.6 Å². The first-order valence-corrected chi connectivity index (χ1v) is 7.62. The van der Waals surface area contributed by atoms with Crippen molar-refractivity contribution in [3.8, 4) is 0 Å². The van der Waals surface area contributed by atoms with Crippen LogP contribution in [-0.4, -0.2) is 32.2 Å². The summed E-state index contributed by atoms with van der Waals surface area (Å²) in [4.78, 5) is 8.39. The second kappa shape index (κ2) is 5.79. The standard InChI is InChI=1S/C16H15F2N5O/c1-9-6-14(23-16(21-9)19-8-20-23)22-13-4-5-24-15(13)10-2-3-11(17)12(18)7-10/h2-3,6-8,13,15,22H,4-5H2,1H3. The van der Waals surface area contributed by atoms with E-state index >= 15 is 0 Å². The average Bonchev–Trinajstić information content (AvgIpc) is 3.19. The van der Waals surface area contributed by atoms with E-state index in [-0.39, 0.29) is 12.1 Å². The van der Waals surface area contributed by atoms with E-state index in [2.05, 4.69) is 20.4 Å². The number of aryl methyl sites for hydroxylation is 1. The van der Waals surface area contributed by atoms with Gasteiger partial charge in [0.05, 0.1) is 6.04 Å². The molecule has 0 aliphatic carbocycles. The lowest BCUT2D eigenvalue weighted by Crippen LogP contribution is -2.25. The molecule has 0 amide bonds. The molecule has 1 aliphatic heterocycles. The van der Waals surface area contributed by atoms with E-state index in [0.29, 0.717) is 17.9 Å². The van der Waals surface area contributed by atoms with E-state index in [1.165, 1.54) is 12.4 Å². The third-order valence-electron chi connectivity index (χ3n) is 4.08. The number of aromatic nitrogens is 4. The molecule has 1 aromatic carbocycles. The van der Waals surface area contributed by atoms with Gasteiger partial charge in [0.2, 0.25) is 0 Å². The van der Waals surface area contributed by atoms with Gasteiger partial charge < -0.3 is 10.1 Å². The Balaban J connectivity index is 1.65. The van der Waals surface area contributed by atoms with Gasteiger partial charge in [-0.2, -0.15) is 14.6 Å². The number of hydrogen-bond donors (Lipinski definition) is 1. The number of anilines is 1. The third kappa shape index (κ3) is 2.58. The molecule has 3 heterocycles. The second-order valence-corrected chi connectivity index (χ2v) is 5.76. The Bertz CT molecular complexity index is 897. The molecule has 1 saturated heterocycles. The van der Waals surface area contributed by atoms with E-state index in [9.17, 15) is 8.78 Å². The molecule has 1 aliphatic rings. The maximum atomic E-state index is 13.5. The van der Waals surface area contributed by atoms with Crippen LogP contribution in [0.5, 0.6) is 0 Å². The third-order valence-corrected chi connectivity index (χ3v) is 4.08. The highest BCUT2D eigenvalue weighted by atomic mass is 19.2. The smallest absolute Gasteiger partial charge is 0.254 e. The zero-order valence-corrected chi connectivity index (χ0v) is 12.9. The highest BCUT2D eigenvalue weighted by Crippen LogP contribution is 2.32. The number of halogens is 2. The van der Waals surface area contributed by atoms with E-state index in [4.69, 9.17) is 4.74 Å². The Hall–Kier alpha value is -2.61. The second-order valence-electron chi connectivity index (χ2n) is 5.76. The first kappa shape index (κ1) is 14.9. The summed E-state index contributed by atoms with van der Waals surface area (Å²) in [5.74, 6) is -0.505. The molecule has 0 bridgehead atoms. The van der Waals surface area contributed by atoms with Crippen molar-refractivity contribution in [3.63, 3.8) is 0 Å². The molecule has 6 nitrogen and oxygen atoms in total. The molecule has 1 fully saturated rings. The molecule has 4 rings (SSSR count). The van der Waals surface area contributed by atoms with Gasteiger partial charge in [-0.25, -0.2) is 13.8 Å². The van der Waals surface area contributed by atoms with Crippen LogP contribution in [0.3, 0.4) is 0 Å². The zero-order chi connectivity index (χ0) is 16.7. The number of hydrogen-bond acceptors (Lipinski definition) is 5. The number of fused-ring (bicyclic) bond motifs is 1. The van der Waals surface area contributed by atoms with Gasteiger partial charge in [-0.1, -0.05) is 6.07 Å². The minimum atomic E-state index is -0.875. The molecular formula is C16H15F2N5O. The van der Waals surface area contributed by atoms with Crippen molar-refractivity contribution in [1.82, 2.24) is 19.6 Å². The van der Waals surface area contributed by atoms with Crippen LogP contribution >= 0.6 is 0 Å². The maximum Gasteiger partial charge on any atom is 0.254 e. The summed E-state index contributed by atoms with van der Waals surface area (Å²) < 4.78 is 34.0. The normalized spacial score (nSPS) is 20.6. The molecule has 1 N–H and O–H groups in total. The zero-order valence-electron chi connectivity index (χ0n) is 12.9. The summed E-state index contributed by atoms with van der Waals surface area (Å²) in [6.07, 6.45) is 1.80. The van der Waals surface area contributed by atoms with Crippen molar-refractivity contribution in [2.24, 2.45) is 0 Å². The molecule has 3 aromatic rings. The van der Waals surface area contributed by atoms with Crippen LogP contribution in [-0.2, 0) is 4.74 Å². The Kier molecular flexibility index (Phi) is 3.61. The van der Waals surface area contributed by atoms with Crippen molar-refractivity contribution in [2.75, 3.05) is 11.9 Å². The summed E-state index contributed by atoms with van der Waals surface area (Å²) in [6.45, 7) is 2.41. The van der Waals surface area contributed by atoms with Gasteiger partial charge in [0, 0.05) is 18.4 Å². The monoisotopic (exact) mass is 331 g/mol. The summed E-state index contributed by atoms with van der Waals surface area (Å²) >= 11 is 0. The van der Waals surface area contributed by atoms with Crippen LogP contribution in [0.15, 0.2) is 30.6 Å². The minimum Gasteiger partial charge on any atom is -0.371 e. The fraction of sp³-hybridized carbons (Fsp3) is 0.312. The Morgan fingerprint density at radius 1 is 1.25 bits per heavy atom. The lowest BCUT2D eigenvalue weighted by atomic mass is 10.0. The quantitative estimate of drug-likeness (QED) is 0.799. The van der Waals surface area contributed by atoms with Crippen LogP contribution in [0.2, 0.25) is 0 Å². The van der Waals surface area contributed by atoms with E-state index in [1.807, 2.05) is 13.0 Å². The SMILES string of the molecule is Cc1cc(NC2CCOC2c2ccc(F)c(F)c2)n2ncnc2n1. The molecule has 0 radical (unpaired) electrons. The molecule has 2 atom stereocenters. The van der Waals surface area contributed by atoms with Crippen molar-refractivity contribution >= 4 is 11.6 Å². The van der Waals surface area contributed by atoms with Crippen LogP contribution < -0.4 is 5.32 Å². The first-order valence-electron chi connectivity index (χ1n) is 7.62. The summed E-state index contributed by atoms with van der Waals surface area (Å²) in [6, 6.07) is 5.62. The van der Waals surface area contributed by atoms with Crippen LogP contribution in [0, 0.1) is 18.6 Å². The van der Waals surface area contributed by atoms with Gasteiger partial charge in [0.1, 0.15) is 18.2 Å². The predicted octanol–water partition coefficient (Wildman–Crippen LogP) is 2.65. The lowest BCUT2D eigenvalue weighted by Gasteiger charge is -2.21. The number of nitrogens with one attached hydrogen (secondary N) is 1. The van der Waals surface area contributed by atoms with Crippen molar-refractivity contribution in [3.05, 3.63) is 53.5 Å². The van der Waals surface area contributed by atoms with E-state index in [0.717, 1.165) is 24.0 Å². The molecular weight excluding hydrogens is 316 g/mol. The van der Waals surface area contributed by atoms with Gasteiger partial charge in [-0.3, -0.25) is 0 Å². The molecule has 8 heteroatoms. The lowest BCUT2D eigenvalue weighted by molar-refractivity contribution is 0.107. The fourth-order valence-electron chi connectivity index (χ4n) is 2.98. The largest absolute Gasteiger partial charge is 0.371 e. The Morgan fingerprint density at radius 3 is 2.96 bits per heavy atom. The molecule has 0 spiro atoms. The van der Waals surface area contributed by atoms with Gasteiger partial charge in [-0.15, -0.1) is 0 Å². The fourth-order valence-corrected chi connectivity index (χ4v) is 2.98. The highest BCUT2D eigenvalue weighted by molar-refractivity contribution is 5.46. The van der Waals surface area contributed by atoms with Crippen LogP contribution in [0.1, 0.15) is 23.8 Å². The number of ether oxygens (including phenoxy) is 1. The molecule has 24 heavy (non-hydrogen) atoms. The summed E-state index contributed by atoms with van der Waals surface area (Å²) in [7, 11) is 0. The van der Waals surface area contributed by atoms with E-state index < -0.39 is 11.6 Å². The maximum absolute atomic E-state index is 13.5. The minimum absolute atomic E-state index is 0.0935. The Morgan fingerprint density at radius 2 is 2.12 bits per heavy atom. The molecule has 0 saturated carbocycles. The predicted molar refractivity (Wildman–Crippen MR) is 82.6 cm³/mol. The first-order chi connectivity index (χ1) is 11.6. The number of benzene rings is 1. The van der Waals surface area contributed by atoms with Gasteiger partial charge in [0.15, 0.2) is 11.6 Å². The van der Waals surface area contributed by atoms with Crippen molar-refractivity contribution in [1.29, 1.82) is 0 Å². The van der Waals surface area contributed by atoms with Crippen molar-refractivity contribution < 1.29 is 13.5 Å². The van der Waals surface area contributed by atoms with Crippen LogP contribution in [0.25, 0.3) is 5.78 Å². The topological polar surface area (TPSA) is 64.3 Å². The summed E-state index contributed by atoms with van der Waals surface area (Å²) in [5.41, 5.74) is 1.41. The molecule has 124 valence electrons. The Labute approximate surface area is 136 Å². The highest BCUT2D eigenvalue weighted by Gasteiger charge is 2.31. The average molecular weight is 331 g/mol.